The minimum absolute atomic E-state index is 0.112. The number of thiazole rings is 1. The Hall–Kier alpha value is -2.44. The highest BCUT2D eigenvalue weighted by molar-refractivity contribution is 7.17. The summed E-state index contributed by atoms with van der Waals surface area (Å²) in [5.41, 5.74) is 2.67. The Balaban J connectivity index is 1.40. The van der Waals surface area contributed by atoms with Gasteiger partial charge in [-0.05, 0) is 43.5 Å². The topological polar surface area (TPSA) is 58.1 Å². The van der Waals surface area contributed by atoms with Gasteiger partial charge in [-0.25, -0.2) is 9.97 Å². The smallest absolute Gasteiger partial charge is 0.263 e. The van der Waals surface area contributed by atoms with Crippen molar-refractivity contribution >= 4 is 34.7 Å². The van der Waals surface area contributed by atoms with Crippen LogP contribution in [-0.4, -0.2) is 29.0 Å². The number of hydrogen-bond acceptors (Lipinski definition) is 5. The second-order valence-corrected chi connectivity index (χ2v) is 8.28. The third-order valence-corrected chi connectivity index (χ3v) is 6.24. The van der Waals surface area contributed by atoms with Gasteiger partial charge in [0.25, 0.3) is 5.91 Å². The van der Waals surface area contributed by atoms with Gasteiger partial charge in [0.2, 0.25) is 0 Å². The van der Waals surface area contributed by atoms with Gasteiger partial charge in [-0.3, -0.25) is 4.79 Å². The zero-order valence-corrected chi connectivity index (χ0v) is 17.2. The molecule has 0 atom stereocenters. The molecular formula is C21H21ClN4OS. The Morgan fingerprint density at radius 2 is 1.93 bits per heavy atom. The van der Waals surface area contributed by atoms with Crippen molar-refractivity contribution in [3.05, 3.63) is 63.8 Å². The standard InChI is InChI=1S/C21H21ClN4OS/c1-14-19(28-21(25-14)16-5-7-17(22)8-6-16)20(27)24-13-15-4-9-18(23-12-15)26-10-2-3-11-26/h4-9,12H,2-3,10-11,13H2,1H3,(H,24,27). The van der Waals surface area contributed by atoms with E-state index in [2.05, 4.69) is 20.2 Å². The summed E-state index contributed by atoms with van der Waals surface area (Å²) in [5.74, 6) is 0.900. The highest BCUT2D eigenvalue weighted by Crippen LogP contribution is 2.28. The largest absolute Gasteiger partial charge is 0.357 e. The average Bonchev–Trinajstić information content (AvgIpc) is 3.37. The number of halogens is 1. The molecule has 1 amide bonds. The monoisotopic (exact) mass is 412 g/mol. The summed E-state index contributed by atoms with van der Waals surface area (Å²) in [4.78, 5) is 24.6. The molecule has 0 bridgehead atoms. The van der Waals surface area contributed by atoms with Crippen LogP contribution >= 0.6 is 22.9 Å². The molecule has 28 heavy (non-hydrogen) atoms. The van der Waals surface area contributed by atoms with Gasteiger partial charge in [-0.15, -0.1) is 11.3 Å². The predicted molar refractivity (Wildman–Crippen MR) is 114 cm³/mol. The first kappa shape index (κ1) is 18.9. The summed E-state index contributed by atoms with van der Waals surface area (Å²) >= 11 is 7.34. The van der Waals surface area contributed by atoms with E-state index in [1.165, 1.54) is 24.2 Å². The number of benzene rings is 1. The van der Waals surface area contributed by atoms with Crippen molar-refractivity contribution < 1.29 is 4.79 Å². The molecule has 1 fully saturated rings. The van der Waals surface area contributed by atoms with Crippen LogP contribution in [0.25, 0.3) is 10.6 Å². The zero-order chi connectivity index (χ0) is 19.5. The molecule has 0 saturated carbocycles. The summed E-state index contributed by atoms with van der Waals surface area (Å²) in [7, 11) is 0. The molecule has 1 saturated heterocycles. The SMILES string of the molecule is Cc1nc(-c2ccc(Cl)cc2)sc1C(=O)NCc1ccc(N2CCCC2)nc1. The van der Waals surface area contributed by atoms with Crippen LogP contribution in [0.3, 0.4) is 0 Å². The number of carbonyl (C=O) groups excluding carboxylic acids is 1. The lowest BCUT2D eigenvalue weighted by atomic mass is 10.2. The molecule has 0 aliphatic carbocycles. The van der Waals surface area contributed by atoms with Crippen molar-refractivity contribution in [3.63, 3.8) is 0 Å². The molecule has 1 aliphatic heterocycles. The second-order valence-electron chi connectivity index (χ2n) is 6.84. The summed E-state index contributed by atoms with van der Waals surface area (Å²) in [6.07, 6.45) is 4.30. The van der Waals surface area contributed by atoms with Gasteiger partial charge in [0.1, 0.15) is 15.7 Å². The molecule has 1 aromatic carbocycles. The summed E-state index contributed by atoms with van der Waals surface area (Å²) in [5, 5.41) is 4.47. The Morgan fingerprint density at radius 1 is 1.18 bits per heavy atom. The molecule has 1 N–H and O–H groups in total. The van der Waals surface area contributed by atoms with Crippen molar-refractivity contribution in [2.75, 3.05) is 18.0 Å². The van der Waals surface area contributed by atoms with E-state index in [1.807, 2.05) is 49.5 Å². The fourth-order valence-electron chi connectivity index (χ4n) is 3.24. The van der Waals surface area contributed by atoms with Gasteiger partial charge in [0, 0.05) is 36.4 Å². The normalized spacial score (nSPS) is 13.7. The first-order valence-corrected chi connectivity index (χ1v) is 10.5. The van der Waals surface area contributed by atoms with Gasteiger partial charge < -0.3 is 10.2 Å². The minimum atomic E-state index is -0.112. The van der Waals surface area contributed by atoms with Gasteiger partial charge >= 0.3 is 0 Å². The molecule has 1 aliphatic rings. The fraction of sp³-hybridized carbons (Fsp3) is 0.286. The molecule has 7 heteroatoms. The molecule has 0 radical (unpaired) electrons. The number of pyridine rings is 1. The van der Waals surface area contributed by atoms with E-state index < -0.39 is 0 Å². The molecule has 2 aromatic heterocycles. The van der Waals surface area contributed by atoms with Crippen LogP contribution < -0.4 is 10.2 Å². The lowest BCUT2D eigenvalue weighted by Crippen LogP contribution is -2.23. The summed E-state index contributed by atoms with van der Waals surface area (Å²) in [6.45, 7) is 4.45. The third-order valence-electron chi connectivity index (χ3n) is 4.79. The van der Waals surface area contributed by atoms with Crippen LogP contribution in [0.2, 0.25) is 5.02 Å². The first-order valence-electron chi connectivity index (χ1n) is 9.31. The number of carbonyl (C=O) groups is 1. The van der Waals surface area contributed by atoms with Crippen LogP contribution in [0.4, 0.5) is 5.82 Å². The molecule has 144 valence electrons. The average molecular weight is 413 g/mol. The molecule has 5 nitrogen and oxygen atoms in total. The van der Waals surface area contributed by atoms with E-state index >= 15 is 0 Å². The van der Waals surface area contributed by atoms with E-state index in [4.69, 9.17) is 11.6 Å². The Morgan fingerprint density at radius 3 is 2.61 bits per heavy atom. The van der Waals surface area contributed by atoms with Gasteiger partial charge in [0.05, 0.1) is 5.69 Å². The summed E-state index contributed by atoms with van der Waals surface area (Å²) < 4.78 is 0. The lowest BCUT2D eigenvalue weighted by molar-refractivity contribution is 0.0954. The number of hydrogen-bond donors (Lipinski definition) is 1. The Bertz CT molecular complexity index is 963. The van der Waals surface area contributed by atoms with Crippen molar-refractivity contribution in [1.29, 1.82) is 0 Å². The lowest BCUT2D eigenvalue weighted by Gasteiger charge is -2.16. The first-order chi connectivity index (χ1) is 13.6. The minimum Gasteiger partial charge on any atom is -0.357 e. The maximum atomic E-state index is 12.6. The Kier molecular flexibility index (Phi) is 5.59. The number of rotatable bonds is 5. The zero-order valence-electron chi connectivity index (χ0n) is 15.6. The van der Waals surface area contributed by atoms with Crippen molar-refractivity contribution in [3.8, 4) is 10.6 Å². The quantitative estimate of drug-likeness (QED) is 0.660. The highest BCUT2D eigenvalue weighted by Gasteiger charge is 2.17. The van der Waals surface area contributed by atoms with Crippen LogP contribution in [0.5, 0.6) is 0 Å². The molecule has 0 unspecified atom stereocenters. The number of aryl methyl sites for hydroxylation is 1. The molecule has 0 spiro atoms. The number of amides is 1. The molecular weight excluding hydrogens is 392 g/mol. The van der Waals surface area contributed by atoms with Crippen LogP contribution in [0, 0.1) is 6.92 Å². The Labute approximate surface area is 173 Å². The predicted octanol–water partition coefficient (Wildman–Crippen LogP) is 4.70. The second kappa shape index (κ2) is 8.29. The van der Waals surface area contributed by atoms with Gasteiger partial charge in [0.15, 0.2) is 0 Å². The van der Waals surface area contributed by atoms with E-state index in [-0.39, 0.29) is 5.91 Å². The van der Waals surface area contributed by atoms with Crippen molar-refractivity contribution in [2.24, 2.45) is 0 Å². The van der Waals surface area contributed by atoms with Crippen molar-refractivity contribution in [1.82, 2.24) is 15.3 Å². The molecule has 4 rings (SSSR count). The van der Waals surface area contributed by atoms with Crippen LogP contribution in [0.15, 0.2) is 42.6 Å². The van der Waals surface area contributed by atoms with Gasteiger partial charge in [-0.1, -0.05) is 29.8 Å². The molecule has 3 heterocycles. The highest BCUT2D eigenvalue weighted by atomic mass is 35.5. The van der Waals surface area contributed by atoms with E-state index in [0.29, 0.717) is 16.4 Å². The number of nitrogens with zero attached hydrogens (tertiary/aromatic N) is 3. The van der Waals surface area contributed by atoms with E-state index in [0.717, 1.165) is 40.7 Å². The number of nitrogens with one attached hydrogen (secondary N) is 1. The van der Waals surface area contributed by atoms with E-state index in [1.54, 1.807) is 0 Å². The van der Waals surface area contributed by atoms with Gasteiger partial charge in [-0.2, -0.15) is 0 Å². The van der Waals surface area contributed by atoms with Crippen LogP contribution in [0.1, 0.15) is 33.8 Å². The maximum Gasteiger partial charge on any atom is 0.263 e. The number of anilines is 1. The fourth-order valence-corrected chi connectivity index (χ4v) is 4.35. The number of aromatic nitrogens is 2. The summed E-state index contributed by atoms with van der Waals surface area (Å²) in [6, 6.07) is 11.5. The van der Waals surface area contributed by atoms with E-state index in [9.17, 15) is 4.79 Å². The van der Waals surface area contributed by atoms with Crippen LogP contribution in [-0.2, 0) is 6.54 Å². The maximum absolute atomic E-state index is 12.6. The van der Waals surface area contributed by atoms with Crippen molar-refractivity contribution in [2.45, 2.75) is 26.3 Å². The molecule has 3 aromatic rings. The third kappa shape index (κ3) is 4.18.